The molecule has 0 N–H and O–H groups in total. The maximum atomic E-state index is 12.0. The highest BCUT2D eigenvalue weighted by molar-refractivity contribution is 6.44. The lowest BCUT2D eigenvalue weighted by Crippen LogP contribution is -2.06. The molecule has 0 spiro atoms. The first-order chi connectivity index (χ1) is 11.0. The largest absolute Gasteiger partial charge is 0.402 e. The number of halogens is 4. The summed E-state index contributed by atoms with van der Waals surface area (Å²) in [7, 11) is 0. The highest BCUT2D eigenvalue weighted by atomic mass is 35.5. The Labute approximate surface area is 152 Å². The fraction of sp³-hybridized carbons (Fsp3) is 0. The van der Waals surface area contributed by atoms with E-state index in [1.165, 1.54) is 6.08 Å². The standard InChI is InChI=1S/C16H7Cl4NO2/c17-9-5-4-8(12(19)7-9)6-13-16(22)23-15(21-13)10-2-1-3-11(18)14(10)20/h1-7H. The minimum atomic E-state index is -0.595. The van der Waals surface area contributed by atoms with Crippen molar-refractivity contribution >= 4 is 64.3 Å². The van der Waals surface area contributed by atoms with Crippen molar-refractivity contribution in [1.82, 2.24) is 0 Å². The summed E-state index contributed by atoms with van der Waals surface area (Å²) in [6.07, 6.45) is 1.52. The number of hydrogen-bond donors (Lipinski definition) is 0. The van der Waals surface area contributed by atoms with Crippen LogP contribution >= 0.6 is 46.4 Å². The highest BCUT2D eigenvalue weighted by Gasteiger charge is 2.26. The van der Waals surface area contributed by atoms with E-state index in [0.717, 1.165) is 0 Å². The normalized spacial score (nSPS) is 15.7. The van der Waals surface area contributed by atoms with Crippen LogP contribution in [0, 0.1) is 0 Å². The van der Waals surface area contributed by atoms with Crippen LogP contribution < -0.4 is 0 Å². The number of carbonyl (C=O) groups is 1. The number of benzene rings is 2. The van der Waals surface area contributed by atoms with Crippen molar-refractivity contribution in [2.45, 2.75) is 0 Å². The van der Waals surface area contributed by atoms with Gasteiger partial charge in [0, 0.05) is 10.0 Å². The van der Waals surface area contributed by atoms with Crippen molar-refractivity contribution in [3.63, 3.8) is 0 Å². The van der Waals surface area contributed by atoms with Crippen LogP contribution in [0.4, 0.5) is 0 Å². The summed E-state index contributed by atoms with van der Waals surface area (Å²) < 4.78 is 5.16. The summed E-state index contributed by atoms with van der Waals surface area (Å²) in [5.41, 5.74) is 1.16. The number of cyclic esters (lactones) is 1. The molecule has 0 atom stereocenters. The van der Waals surface area contributed by atoms with Crippen LogP contribution in [0.25, 0.3) is 6.08 Å². The van der Waals surface area contributed by atoms with E-state index in [9.17, 15) is 4.79 Å². The van der Waals surface area contributed by atoms with E-state index < -0.39 is 5.97 Å². The Hall–Kier alpha value is -1.52. The Kier molecular flexibility index (Phi) is 4.64. The van der Waals surface area contributed by atoms with Gasteiger partial charge in [0.25, 0.3) is 0 Å². The van der Waals surface area contributed by atoms with Crippen molar-refractivity contribution in [1.29, 1.82) is 0 Å². The third-order valence-electron chi connectivity index (χ3n) is 3.06. The lowest BCUT2D eigenvalue weighted by Gasteiger charge is -2.03. The molecule has 3 nitrogen and oxygen atoms in total. The molecule has 3 rings (SSSR count). The van der Waals surface area contributed by atoms with Gasteiger partial charge in [-0.1, -0.05) is 58.5 Å². The predicted octanol–water partition coefficient (Wildman–Crippen LogP) is 5.64. The SMILES string of the molecule is O=C1OC(c2cccc(Cl)c2Cl)=NC1=Cc1ccc(Cl)cc1Cl. The van der Waals surface area contributed by atoms with Crippen LogP contribution in [0.5, 0.6) is 0 Å². The van der Waals surface area contributed by atoms with Gasteiger partial charge in [-0.25, -0.2) is 9.79 Å². The van der Waals surface area contributed by atoms with E-state index in [0.29, 0.717) is 26.2 Å². The Balaban J connectivity index is 2.01. The van der Waals surface area contributed by atoms with Gasteiger partial charge in [0.2, 0.25) is 5.90 Å². The summed E-state index contributed by atoms with van der Waals surface area (Å²) in [5, 5.41) is 1.52. The lowest BCUT2D eigenvalue weighted by molar-refractivity contribution is -0.129. The van der Waals surface area contributed by atoms with Crippen LogP contribution in [0.3, 0.4) is 0 Å². The second kappa shape index (κ2) is 6.54. The maximum Gasteiger partial charge on any atom is 0.363 e. The molecule has 2 aromatic carbocycles. The summed E-state index contributed by atoms with van der Waals surface area (Å²) in [5.74, 6) is -0.499. The smallest absolute Gasteiger partial charge is 0.363 e. The fourth-order valence-electron chi connectivity index (χ4n) is 1.96. The van der Waals surface area contributed by atoms with Gasteiger partial charge in [0.05, 0.1) is 15.6 Å². The topological polar surface area (TPSA) is 38.7 Å². The number of aliphatic imine (C=N–C) groups is 1. The van der Waals surface area contributed by atoms with Crippen molar-refractivity contribution in [2.75, 3.05) is 0 Å². The van der Waals surface area contributed by atoms with Crippen molar-refractivity contribution in [3.8, 4) is 0 Å². The Morgan fingerprint density at radius 1 is 1.00 bits per heavy atom. The molecule has 0 radical (unpaired) electrons. The second-order valence-electron chi connectivity index (χ2n) is 4.60. The molecule has 23 heavy (non-hydrogen) atoms. The zero-order valence-corrected chi connectivity index (χ0v) is 14.3. The quantitative estimate of drug-likeness (QED) is 0.494. The average Bonchev–Trinajstić information content (AvgIpc) is 2.86. The summed E-state index contributed by atoms with van der Waals surface area (Å²) in [4.78, 5) is 16.2. The summed E-state index contributed by atoms with van der Waals surface area (Å²) in [6.45, 7) is 0. The van der Waals surface area contributed by atoms with Crippen LogP contribution in [-0.2, 0) is 9.53 Å². The second-order valence-corrected chi connectivity index (χ2v) is 6.23. The zero-order chi connectivity index (χ0) is 16.6. The van der Waals surface area contributed by atoms with Gasteiger partial charge in [0.1, 0.15) is 0 Å². The first kappa shape index (κ1) is 16.3. The molecular weight excluding hydrogens is 380 g/mol. The number of nitrogens with zero attached hydrogens (tertiary/aromatic N) is 1. The molecule has 1 aliphatic heterocycles. The minimum Gasteiger partial charge on any atom is -0.402 e. The zero-order valence-electron chi connectivity index (χ0n) is 11.3. The van der Waals surface area contributed by atoms with Gasteiger partial charge < -0.3 is 4.74 Å². The first-order valence-corrected chi connectivity index (χ1v) is 7.89. The third kappa shape index (κ3) is 3.38. The third-order valence-corrected chi connectivity index (χ3v) is 4.44. The van der Waals surface area contributed by atoms with Crippen LogP contribution in [0.2, 0.25) is 20.1 Å². The molecule has 2 aromatic rings. The van der Waals surface area contributed by atoms with E-state index in [2.05, 4.69) is 4.99 Å². The molecule has 0 fully saturated rings. The molecule has 0 saturated heterocycles. The fourth-order valence-corrected chi connectivity index (χ4v) is 2.80. The predicted molar refractivity (Wildman–Crippen MR) is 93.5 cm³/mol. The van der Waals surface area contributed by atoms with Gasteiger partial charge >= 0.3 is 5.97 Å². The molecule has 7 heteroatoms. The Morgan fingerprint density at radius 3 is 2.52 bits per heavy atom. The molecule has 1 heterocycles. The van der Waals surface area contributed by atoms with E-state index in [1.807, 2.05) is 0 Å². The number of rotatable bonds is 2. The van der Waals surface area contributed by atoms with E-state index >= 15 is 0 Å². The number of ether oxygens (including phenoxy) is 1. The molecule has 0 unspecified atom stereocenters. The molecule has 0 amide bonds. The number of hydrogen-bond acceptors (Lipinski definition) is 3. The first-order valence-electron chi connectivity index (χ1n) is 6.37. The molecule has 0 aromatic heterocycles. The summed E-state index contributed by atoms with van der Waals surface area (Å²) in [6, 6.07) is 9.92. The Morgan fingerprint density at radius 2 is 1.78 bits per heavy atom. The average molecular weight is 387 g/mol. The molecule has 0 aliphatic carbocycles. The molecule has 116 valence electrons. The molecule has 0 saturated carbocycles. The van der Waals surface area contributed by atoms with Gasteiger partial charge in [-0.2, -0.15) is 0 Å². The molecular formula is C16H7Cl4NO2. The number of esters is 1. The van der Waals surface area contributed by atoms with E-state index in [-0.39, 0.29) is 16.6 Å². The lowest BCUT2D eigenvalue weighted by atomic mass is 10.2. The Bertz CT molecular complexity index is 874. The minimum absolute atomic E-state index is 0.0961. The van der Waals surface area contributed by atoms with E-state index in [1.54, 1.807) is 36.4 Å². The van der Waals surface area contributed by atoms with Crippen molar-refractivity contribution in [3.05, 3.63) is 73.3 Å². The van der Waals surface area contributed by atoms with Crippen molar-refractivity contribution in [2.24, 2.45) is 4.99 Å². The highest BCUT2D eigenvalue weighted by Crippen LogP contribution is 2.30. The maximum absolute atomic E-state index is 12.0. The van der Waals surface area contributed by atoms with Gasteiger partial charge in [-0.05, 0) is 35.9 Å². The van der Waals surface area contributed by atoms with Crippen molar-refractivity contribution < 1.29 is 9.53 Å². The summed E-state index contributed by atoms with van der Waals surface area (Å²) >= 11 is 24.0. The van der Waals surface area contributed by atoms with Crippen LogP contribution in [-0.4, -0.2) is 11.9 Å². The van der Waals surface area contributed by atoms with Gasteiger partial charge in [-0.15, -0.1) is 0 Å². The van der Waals surface area contributed by atoms with Gasteiger partial charge in [-0.3, -0.25) is 0 Å². The van der Waals surface area contributed by atoms with Crippen LogP contribution in [0.15, 0.2) is 47.1 Å². The van der Waals surface area contributed by atoms with Gasteiger partial charge in [0.15, 0.2) is 5.70 Å². The molecule has 1 aliphatic rings. The molecule has 0 bridgehead atoms. The number of carbonyl (C=O) groups excluding carboxylic acids is 1. The van der Waals surface area contributed by atoms with Crippen LogP contribution in [0.1, 0.15) is 11.1 Å². The van der Waals surface area contributed by atoms with E-state index in [4.69, 9.17) is 51.1 Å². The monoisotopic (exact) mass is 385 g/mol.